The van der Waals surface area contributed by atoms with Crippen LogP contribution in [0.4, 0.5) is 4.79 Å². The minimum atomic E-state index is -0.786. The van der Waals surface area contributed by atoms with Crippen LogP contribution in [0, 0.1) is 5.92 Å². The van der Waals surface area contributed by atoms with Gasteiger partial charge in [-0.3, -0.25) is 9.59 Å². The Hall–Kier alpha value is -3.35. The molecule has 0 radical (unpaired) electrons. The largest absolute Gasteiger partial charge is 0.481 e. The summed E-state index contributed by atoms with van der Waals surface area (Å²) >= 11 is 0. The molecule has 2 unspecified atom stereocenters. The topological polar surface area (TPSA) is 105 Å². The number of carbonyl (C=O) groups is 3. The zero-order valence-electron chi connectivity index (χ0n) is 20.0. The summed E-state index contributed by atoms with van der Waals surface area (Å²) in [5, 5.41) is 14.6. The quantitative estimate of drug-likeness (QED) is 0.424. The molecule has 0 heterocycles. The fourth-order valence-corrected chi connectivity index (χ4v) is 5.30. The molecule has 0 aliphatic heterocycles. The van der Waals surface area contributed by atoms with E-state index in [0.717, 1.165) is 32.1 Å². The first-order valence-electron chi connectivity index (χ1n) is 12.6. The average Bonchev–Trinajstić information content (AvgIpc) is 3.18. The van der Waals surface area contributed by atoms with Crippen molar-refractivity contribution in [2.75, 3.05) is 13.2 Å². The summed E-state index contributed by atoms with van der Waals surface area (Å²) in [6.07, 6.45) is 5.05. The number of aliphatic carboxylic acids is 1. The predicted octanol–water partition coefficient (Wildman–Crippen LogP) is 4.85. The van der Waals surface area contributed by atoms with Crippen LogP contribution in [0.1, 0.15) is 68.4 Å². The number of fused-ring (bicyclic) bond motifs is 3. The molecule has 0 saturated heterocycles. The van der Waals surface area contributed by atoms with Gasteiger partial charge >= 0.3 is 12.1 Å². The maximum atomic E-state index is 12.6. The molecule has 7 nitrogen and oxygen atoms in total. The number of benzene rings is 2. The fraction of sp³-hybridized carbons (Fsp3) is 0.464. The Morgan fingerprint density at radius 1 is 0.914 bits per heavy atom. The molecule has 2 aliphatic carbocycles. The highest BCUT2D eigenvalue weighted by Crippen LogP contribution is 2.44. The second-order valence-electron chi connectivity index (χ2n) is 9.53. The summed E-state index contributed by atoms with van der Waals surface area (Å²) in [7, 11) is 0. The van der Waals surface area contributed by atoms with Crippen molar-refractivity contribution < 1.29 is 24.2 Å². The van der Waals surface area contributed by atoms with Gasteiger partial charge in [-0.05, 0) is 54.4 Å². The van der Waals surface area contributed by atoms with Crippen molar-refractivity contribution in [3.63, 3.8) is 0 Å². The third-order valence-electron chi connectivity index (χ3n) is 7.08. The molecule has 2 aromatic carbocycles. The lowest BCUT2D eigenvalue weighted by Gasteiger charge is -2.29. The number of carboxylic acids is 1. The van der Waals surface area contributed by atoms with Gasteiger partial charge < -0.3 is 20.5 Å². The number of rotatable bonds is 10. The zero-order chi connectivity index (χ0) is 24.6. The van der Waals surface area contributed by atoms with Crippen LogP contribution in [0.25, 0.3) is 11.1 Å². The molecule has 2 aliphatic rings. The molecule has 0 bridgehead atoms. The normalized spacial score (nSPS) is 18.9. The fourth-order valence-electron chi connectivity index (χ4n) is 5.30. The van der Waals surface area contributed by atoms with E-state index in [0.29, 0.717) is 19.4 Å². The highest BCUT2D eigenvalue weighted by molar-refractivity contribution is 5.80. The van der Waals surface area contributed by atoms with Crippen LogP contribution >= 0.6 is 0 Å². The highest BCUT2D eigenvalue weighted by Gasteiger charge is 2.31. The maximum Gasteiger partial charge on any atom is 0.407 e. The van der Waals surface area contributed by atoms with Crippen LogP contribution in [0.15, 0.2) is 48.5 Å². The molecule has 2 amide bonds. The summed E-state index contributed by atoms with van der Waals surface area (Å²) in [4.78, 5) is 35.7. The lowest BCUT2D eigenvalue weighted by atomic mass is 9.85. The molecule has 0 aromatic heterocycles. The van der Waals surface area contributed by atoms with Crippen LogP contribution in [0.3, 0.4) is 0 Å². The number of unbranched alkanes of at least 4 members (excludes halogenated alkanes) is 2. The van der Waals surface area contributed by atoms with Gasteiger partial charge in [0, 0.05) is 30.8 Å². The van der Waals surface area contributed by atoms with Crippen LogP contribution in [-0.4, -0.2) is 42.3 Å². The van der Waals surface area contributed by atoms with E-state index >= 15 is 0 Å². The Bertz CT molecular complexity index is 1010. The molecular weight excluding hydrogens is 444 g/mol. The van der Waals surface area contributed by atoms with E-state index in [2.05, 4.69) is 34.9 Å². The van der Waals surface area contributed by atoms with Crippen LogP contribution in [0.5, 0.6) is 0 Å². The van der Waals surface area contributed by atoms with Crippen molar-refractivity contribution in [2.24, 2.45) is 5.92 Å². The van der Waals surface area contributed by atoms with Crippen molar-refractivity contribution in [2.45, 2.75) is 63.3 Å². The summed E-state index contributed by atoms with van der Waals surface area (Å²) in [6, 6.07) is 16.4. The van der Waals surface area contributed by atoms with Gasteiger partial charge in [0.1, 0.15) is 6.61 Å². The first-order valence-corrected chi connectivity index (χ1v) is 12.6. The zero-order valence-corrected chi connectivity index (χ0v) is 20.0. The predicted molar refractivity (Wildman–Crippen MR) is 133 cm³/mol. The van der Waals surface area contributed by atoms with E-state index in [-0.39, 0.29) is 36.8 Å². The number of alkyl carbamates (subject to hydrolysis) is 1. The molecule has 3 N–H and O–H groups in total. The number of hydrogen-bond donors (Lipinski definition) is 3. The Morgan fingerprint density at radius 3 is 2.29 bits per heavy atom. The molecule has 186 valence electrons. The third-order valence-corrected chi connectivity index (χ3v) is 7.08. The second-order valence-corrected chi connectivity index (χ2v) is 9.53. The van der Waals surface area contributed by atoms with Gasteiger partial charge in [0.15, 0.2) is 0 Å². The molecule has 4 rings (SSSR count). The van der Waals surface area contributed by atoms with Gasteiger partial charge in [-0.25, -0.2) is 4.79 Å². The number of carboxylic acid groups (broad SMARTS) is 1. The summed E-state index contributed by atoms with van der Waals surface area (Å²) in [5.41, 5.74) is 4.75. The van der Waals surface area contributed by atoms with E-state index < -0.39 is 12.1 Å². The number of amides is 2. The van der Waals surface area contributed by atoms with E-state index in [4.69, 9.17) is 9.84 Å². The summed E-state index contributed by atoms with van der Waals surface area (Å²) in [6.45, 7) is 0.831. The Balaban J connectivity index is 1.22. The maximum absolute atomic E-state index is 12.6. The van der Waals surface area contributed by atoms with Gasteiger partial charge in [-0.1, -0.05) is 61.4 Å². The molecular formula is C28H34N2O5. The first-order chi connectivity index (χ1) is 17.0. The SMILES string of the molecule is O=C(O)CCCCCNC(=O)C1CCCC(NC(=O)OCC2c3ccccc3-c3ccccc32)C1. The van der Waals surface area contributed by atoms with Crippen molar-refractivity contribution in [3.05, 3.63) is 59.7 Å². The molecule has 1 saturated carbocycles. The van der Waals surface area contributed by atoms with Crippen molar-refractivity contribution in [3.8, 4) is 11.1 Å². The van der Waals surface area contributed by atoms with Gasteiger partial charge in [0.25, 0.3) is 0 Å². The van der Waals surface area contributed by atoms with Crippen LogP contribution < -0.4 is 10.6 Å². The Kier molecular flexibility index (Phi) is 8.40. The molecule has 35 heavy (non-hydrogen) atoms. The first kappa shape index (κ1) is 24.8. The summed E-state index contributed by atoms with van der Waals surface area (Å²) in [5.74, 6) is -0.872. The number of ether oxygens (including phenoxy) is 1. The Labute approximate surface area is 206 Å². The molecule has 0 spiro atoms. The van der Waals surface area contributed by atoms with Gasteiger partial charge in [-0.15, -0.1) is 0 Å². The standard InChI is InChI=1S/C28H34N2O5/c31-26(32)15-2-1-7-16-29-27(33)19-9-8-10-20(17-19)30-28(34)35-18-25-23-13-5-3-11-21(23)22-12-4-6-14-24(22)25/h3-6,11-14,19-20,25H,1-2,7-10,15-18H2,(H,29,33)(H,30,34)(H,31,32). The van der Waals surface area contributed by atoms with Crippen molar-refractivity contribution in [1.82, 2.24) is 10.6 Å². The Morgan fingerprint density at radius 2 is 1.60 bits per heavy atom. The third kappa shape index (κ3) is 6.41. The number of nitrogens with one attached hydrogen (secondary N) is 2. The lowest BCUT2D eigenvalue weighted by molar-refractivity contribution is -0.137. The number of carbonyl (C=O) groups excluding carboxylic acids is 2. The van der Waals surface area contributed by atoms with Crippen molar-refractivity contribution >= 4 is 18.0 Å². The smallest absolute Gasteiger partial charge is 0.407 e. The van der Waals surface area contributed by atoms with Crippen LogP contribution in [-0.2, 0) is 14.3 Å². The molecule has 2 atom stereocenters. The highest BCUT2D eigenvalue weighted by atomic mass is 16.5. The van der Waals surface area contributed by atoms with Crippen molar-refractivity contribution in [1.29, 1.82) is 0 Å². The lowest BCUT2D eigenvalue weighted by Crippen LogP contribution is -2.43. The van der Waals surface area contributed by atoms with E-state index in [9.17, 15) is 14.4 Å². The second kappa shape index (κ2) is 11.9. The van der Waals surface area contributed by atoms with Crippen LogP contribution in [0.2, 0.25) is 0 Å². The van der Waals surface area contributed by atoms with Gasteiger partial charge in [0.2, 0.25) is 5.91 Å². The molecule has 7 heteroatoms. The van der Waals surface area contributed by atoms with Gasteiger partial charge in [-0.2, -0.15) is 0 Å². The molecule has 1 fully saturated rings. The minimum Gasteiger partial charge on any atom is -0.481 e. The average molecular weight is 479 g/mol. The molecule has 2 aromatic rings. The van der Waals surface area contributed by atoms with E-state index in [1.165, 1.54) is 22.3 Å². The van der Waals surface area contributed by atoms with E-state index in [1.807, 2.05) is 24.3 Å². The van der Waals surface area contributed by atoms with E-state index in [1.54, 1.807) is 0 Å². The number of hydrogen-bond acceptors (Lipinski definition) is 4. The minimum absolute atomic E-state index is 0.0160. The summed E-state index contributed by atoms with van der Waals surface area (Å²) < 4.78 is 5.66. The van der Waals surface area contributed by atoms with Gasteiger partial charge in [0.05, 0.1) is 0 Å². The monoisotopic (exact) mass is 478 g/mol.